The second-order valence-corrected chi connectivity index (χ2v) is 5.89. The van der Waals surface area contributed by atoms with Crippen molar-refractivity contribution in [3.05, 3.63) is 0 Å². The number of esters is 1. The molecule has 3 unspecified atom stereocenters. The molecule has 0 bridgehead atoms. The van der Waals surface area contributed by atoms with Crippen LogP contribution in [0.4, 0.5) is 0 Å². The molecule has 0 spiro atoms. The van der Waals surface area contributed by atoms with Crippen LogP contribution in [0.15, 0.2) is 0 Å². The molecule has 1 saturated carbocycles. The molecule has 0 aromatic heterocycles. The minimum atomic E-state index is -0.0977. The van der Waals surface area contributed by atoms with Crippen molar-refractivity contribution in [2.24, 2.45) is 5.92 Å². The lowest BCUT2D eigenvalue weighted by atomic mass is 9.79. The predicted octanol–water partition coefficient (Wildman–Crippen LogP) is 1.84. The molecule has 2 aliphatic rings. The van der Waals surface area contributed by atoms with E-state index in [1.54, 1.807) is 0 Å². The van der Waals surface area contributed by atoms with Gasteiger partial charge in [0.15, 0.2) is 0 Å². The average Bonchev–Trinajstić information content (AvgIpc) is 2.97. The van der Waals surface area contributed by atoms with E-state index in [0.717, 1.165) is 24.9 Å². The second-order valence-electron chi connectivity index (χ2n) is 5.89. The molecule has 0 aromatic rings. The molecule has 19 heavy (non-hydrogen) atoms. The van der Waals surface area contributed by atoms with E-state index >= 15 is 0 Å². The molecule has 1 aliphatic heterocycles. The topological polar surface area (TPSA) is 50.4 Å². The SMILES string of the molecule is COC(=O)CCCNC1CCCCC1C1CCCN1. The van der Waals surface area contributed by atoms with Crippen LogP contribution in [0.1, 0.15) is 51.4 Å². The fourth-order valence-corrected chi connectivity index (χ4v) is 3.59. The summed E-state index contributed by atoms with van der Waals surface area (Å²) in [6.07, 6.45) is 9.45. The summed E-state index contributed by atoms with van der Waals surface area (Å²) < 4.78 is 4.67. The maximum atomic E-state index is 11.1. The largest absolute Gasteiger partial charge is 0.469 e. The van der Waals surface area contributed by atoms with Gasteiger partial charge in [0.2, 0.25) is 0 Å². The summed E-state index contributed by atoms with van der Waals surface area (Å²) >= 11 is 0. The zero-order valence-electron chi connectivity index (χ0n) is 12.1. The number of hydrogen-bond donors (Lipinski definition) is 2. The summed E-state index contributed by atoms with van der Waals surface area (Å²) in [7, 11) is 1.46. The van der Waals surface area contributed by atoms with Gasteiger partial charge >= 0.3 is 5.97 Å². The first kappa shape index (κ1) is 14.8. The van der Waals surface area contributed by atoms with Crippen LogP contribution in [-0.4, -0.2) is 38.3 Å². The van der Waals surface area contributed by atoms with Crippen molar-refractivity contribution in [3.63, 3.8) is 0 Å². The normalized spacial score (nSPS) is 31.3. The zero-order valence-corrected chi connectivity index (χ0v) is 12.1. The van der Waals surface area contributed by atoms with Crippen molar-refractivity contribution in [3.8, 4) is 0 Å². The fraction of sp³-hybridized carbons (Fsp3) is 0.933. The van der Waals surface area contributed by atoms with Gasteiger partial charge in [0.1, 0.15) is 0 Å². The molecule has 4 heteroatoms. The molecule has 110 valence electrons. The third-order valence-electron chi connectivity index (χ3n) is 4.63. The van der Waals surface area contributed by atoms with E-state index in [1.807, 2.05) is 0 Å². The van der Waals surface area contributed by atoms with Gasteiger partial charge in [0, 0.05) is 18.5 Å². The highest BCUT2D eigenvalue weighted by molar-refractivity contribution is 5.69. The fourth-order valence-electron chi connectivity index (χ4n) is 3.59. The van der Waals surface area contributed by atoms with Crippen LogP contribution in [0, 0.1) is 5.92 Å². The Morgan fingerprint density at radius 1 is 1.26 bits per heavy atom. The maximum Gasteiger partial charge on any atom is 0.305 e. The van der Waals surface area contributed by atoms with Crippen LogP contribution < -0.4 is 10.6 Å². The minimum Gasteiger partial charge on any atom is -0.469 e. The molecular formula is C15H28N2O2. The highest BCUT2D eigenvalue weighted by atomic mass is 16.5. The van der Waals surface area contributed by atoms with Crippen molar-refractivity contribution in [1.29, 1.82) is 0 Å². The first-order chi connectivity index (χ1) is 9.31. The van der Waals surface area contributed by atoms with Crippen molar-refractivity contribution in [1.82, 2.24) is 10.6 Å². The molecule has 0 amide bonds. The number of nitrogens with one attached hydrogen (secondary N) is 2. The van der Waals surface area contributed by atoms with E-state index < -0.39 is 0 Å². The molecule has 1 heterocycles. The maximum absolute atomic E-state index is 11.1. The molecule has 1 aliphatic carbocycles. The Morgan fingerprint density at radius 2 is 2.11 bits per heavy atom. The van der Waals surface area contributed by atoms with E-state index in [9.17, 15) is 4.79 Å². The van der Waals surface area contributed by atoms with Crippen LogP contribution in [-0.2, 0) is 9.53 Å². The van der Waals surface area contributed by atoms with Crippen molar-refractivity contribution in [2.75, 3.05) is 20.2 Å². The van der Waals surface area contributed by atoms with E-state index in [1.165, 1.54) is 52.2 Å². The van der Waals surface area contributed by atoms with Crippen LogP contribution >= 0.6 is 0 Å². The first-order valence-electron chi connectivity index (χ1n) is 7.85. The van der Waals surface area contributed by atoms with Crippen molar-refractivity contribution < 1.29 is 9.53 Å². The van der Waals surface area contributed by atoms with Crippen LogP contribution in [0.25, 0.3) is 0 Å². The Kier molecular flexibility index (Phi) is 6.11. The monoisotopic (exact) mass is 268 g/mol. The van der Waals surface area contributed by atoms with Crippen molar-refractivity contribution in [2.45, 2.75) is 63.5 Å². The van der Waals surface area contributed by atoms with E-state index in [0.29, 0.717) is 12.5 Å². The standard InChI is InChI=1S/C15H28N2O2/c1-19-15(18)9-5-11-17-13-7-3-2-6-12(13)14-8-4-10-16-14/h12-14,16-17H,2-11H2,1H3. The summed E-state index contributed by atoms with van der Waals surface area (Å²) in [5.41, 5.74) is 0. The van der Waals surface area contributed by atoms with Gasteiger partial charge in [-0.2, -0.15) is 0 Å². The van der Waals surface area contributed by atoms with Gasteiger partial charge in [-0.05, 0) is 51.1 Å². The van der Waals surface area contributed by atoms with Gasteiger partial charge in [-0.25, -0.2) is 0 Å². The zero-order chi connectivity index (χ0) is 13.5. The smallest absolute Gasteiger partial charge is 0.305 e. The Hall–Kier alpha value is -0.610. The van der Waals surface area contributed by atoms with Gasteiger partial charge < -0.3 is 15.4 Å². The number of hydrogen-bond acceptors (Lipinski definition) is 4. The van der Waals surface area contributed by atoms with E-state index in [4.69, 9.17) is 0 Å². The number of rotatable bonds is 6. The Bertz CT molecular complexity index is 277. The third-order valence-corrected chi connectivity index (χ3v) is 4.63. The van der Waals surface area contributed by atoms with Gasteiger partial charge in [0.25, 0.3) is 0 Å². The summed E-state index contributed by atoms with van der Waals surface area (Å²) in [6.45, 7) is 2.12. The molecule has 4 nitrogen and oxygen atoms in total. The van der Waals surface area contributed by atoms with Crippen LogP contribution in [0.5, 0.6) is 0 Å². The van der Waals surface area contributed by atoms with Gasteiger partial charge in [-0.3, -0.25) is 4.79 Å². The van der Waals surface area contributed by atoms with Gasteiger partial charge in [-0.15, -0.1) is 0 Å². The Morgan fingerprint density at radius 3 is 2.84 bits per heavy atom. The quantitative estimate of drug-likeness (QED) is 0.570. The highest BCUT2D eigenvalue weighted by Crippen LogP contribution is 2.30. The summed E-state index contributed by atoms with van der Waals surface area (Å²) in [6, 6.07) is 1.36. The first-order valence-corrected chi connectivity index (χ1v) is 7.85. The van der Waals surface area contributed by atoms with Gasteiger partial charge in [-0.1, -0.05) is 12.8 Å². The molecule has 3 atom stereocenters. The summed E-state index contributed by atoms with van der Waals surface area (Å²) in [4.78, 5) is 11.1. The second kappa shape index (κ2) is 7.85. The molecular weight excluding hydrogens is 240 g/mol. The molecule has 2 fully saturated rings. The van der Waals surface area contributed by atoms with Crippen LogP contribution in [0.3, 0.4) is 0 Å². The number of methoxy groups -OCH3 is 1. The lowest BCUT2D eigenvalue weighted by Gasteiger charge is -2.36. The van der Waals surface area contributed by atoms with E-state index in [-0.39, 0.29) is 5.97 Å². The predicted molar refractivity (Wildman–Crippen MR) is 76.0 cm³/mol. The third kappa shape index (κ3) is 4.46. The minimum absolute atomic E-state index is 0.0977. The number of carbonyl (C=O) groups is 1. The molecule has 2 N–H and O–H groups in total. The molecule has 0 radical (unpaired) electrons. The Balaban J connectivity index is 1.71. The van der Waals surface area contributed by atoms with Crippen molar-refractivity contribution >= 4 is 5.97 Å². The highest BCUT2D eigenvalue weighted by Gasteiger charge is 2.32. The number of carbonyl (C=O) groups excluding carboxylic acids is 1. The molecule has 1 saturated heterocycles. The average molecular weight is 268 g/mol. The van der Waals surface area contributed by atoms with Gasteiger partial charge in [0.05, 0.1) is 7.11 Å². The lowest BCUT2D eigenvalue weighted by molar-refractivity contribution is -0.140. The van der Waals surface area contributed by atoms with E-state index in [2.05, 4.69) is 15.4 Å². The van der Waals surface area contributed by atoms with Crippen LogP contribution in [0.2, 0.25) is 0 Å². The summed E-state index contributed by atoms with van der Waals surface area (Å²) in [5, 5.41) is 7.34. The number of ether oxygens (including phenoxy) is 1. The Labute approximate surface area is 116 Å². The summed E-state index contributed by atoms with van der Waals surface area (Å²) in [5.74, 6) is 0.689. The molecule has 0 aromatic carbocycles. The lowest BCUT2D eigenvalue weighted by Crippen LogP contribution is -2.47. The molecule has 2 rings (SSSR count).